The number of nitrogens with zero attached hydrogens (tertiary/aromatic N) is 1. The Morgan fingerprint density at radius 3 is 2.57 bits per heavy atom. The van der Waals surface area contributed by atoms with Gasteiger partial charge in [0.25, 0.3) is 0 Å². The highest BCUT2D eigenvalue weighted by Crippen LogP contribution is 2.48. The second kappa shape index (κ2) is 5.32. The van der Waals surface area contributed by atoms with E-state index in [1.54, 1.807) is 11.3 Å². The number of aliphatic hydroxyl groups excluding tert-OH is 1. The average molecular weight is 309 g/mol. The molecule has 2 aliphatic rings. The van der Waals surface area contributed by atoms with Crippen molar-refractivity contribution in [3.05, 3.63) is 15.6 Å². The van der Waals surface area contributed by atoms with Crippen molar-refractivity contribution in [1.29, 1.82) is 0 Å². The normalized spacial score (nSPS) is 35.5. The molecule has 1 unspecified atom stereocenters. The first-order valence-corrected chi connectivity index (χ1v) is 8.90. The van der Waals surface area contributed by atoms with E-state index in [1.807, 2.05) is 7.11 Å². The molecular formula is C17H27NO2S. The second-order valence-corrected chi connectivity index (χ2v) is 8.80. The number of hydrogen-bond acceptors (Lipinski definition) is 4. The molecule has 1 aromatic heterocycles. The lowest BCUT2D eigenvalue weighted by molar-refractivity contribution is -0.0532. The van der Waals surface area contributed by atoms with E-state index in [-0.39, 0.29) is 17.1 Å². The van der Waals surface area contributed by atoms with Crippen LogP contribution in [0.5, 0.6) is 0 Å². The van der Waals surface area contributed by atoms with E-state index < -0.39 is 0 Å². The Morgan fingerprint density at radius 1 is 1.29 bits per heavy atom. The third kappa shape index (κ3) is 2.78. The number of fused-ring (bicyclic) bond motifs is 1. The summed E-state index contributed by atoms with van der Waals surface area (Å²) >= 11 is 1.69. The summed E-state index contributed by atoms with van der Waals surface area (Å²) in [6.45, 7) is 6.75. The first-order chi connectivity index (χ1) is 9.85. The average Bonchev–Trinajstić information content (AvgIpc) is 2.83. The van der Waals surface area contributed by atoms with Gasteiger partial charge in [0.2, 0.25) is 0 Å². The number of hydrogen-bond donors (Lipinski definition) is 1. The van der Waals surface area contributed by atoms with Crippen LogP contribution in [0.1, 0.15) is 74.6 Å². The molecular weight excluding hydrogens is 282 g/mol. The number of rotatable bonds is 2. The Balaban J connectivity index is 1.93. The van der Waals surface area contributed by atoms with E-state index >= 15 is 0 Å². The van der Waals surface area contributed by atoms with Crippen LogP contribution in [0.15, 0.2) is 0 Å². The molecule has 0 spiro atoms. The Morgan fingerprint density at radius 2 is 1.95 bits per heavy atom. The summed E-state index contributed by atoms with van der Waals surface area (Å²) in [6.07, 6.45) is 5.95. The lowest BCUT2D eigenvalue weighted by atomic mass is 9.77. The Hall–Kier alpha value is -0.450. The maximum absolute atomic E-state index is 10.4. The minimum Gasteiger partial charge on any atom is -0.387 e. The van der Waals surface area contributed by atoms with Crippen molar-refractivity contribution in [3.63, 3.8) is 0 Å². The lowest BCUT2D eigenvalue weighted by Crippen LogP contribution is -2.33. The molecule has 2 aliphatic carbocycles. The van der Waals surface area contributed by atoms with Gasteiger partial charge in [0.15, 0.2) is 0 Å². The lowest BCUT2D eigenvalue weighted by Gasteiger charge is -2.36. The molecule has 1 aromatic rings. The van der Waals surface area contributed by atoms with Gasteiger partial charge in [-0.1, -0.05) is 20.8 Å². The molecule has 1 N–H and O–H groups in total. The van der Waals surface area contributed by atoms with E-state index in [9.17, 15) is 5.11 Å². The summed E-state index contributed by atoms with van der Waals surface area (Å²) in [7, 11) is 1.82. The van der Waals surface area contributed by atoms with Gasteiger partial charge in [0.05, 0.1) is 16.7 Å². The van der Waals surface area contributed by atoms with E-state index in [4.69, 9.17) is 9.72 Å². The topological polar surface area (TPSA) is 42.4 Å². The molecule has 1 saturated carbocycles. The number of aromatic nitrogens is 1. The maximum Gasteiger partial charge on any atom is 0.125 e. The predicted molar refractivity (Wildman–Crippen MR) is 85.5 cm³/mol. The first-order valence-electron chi connectivity index (χ1n) is 8.08. The van der Waals surface area contributed by atoms with Crippen LogP contribution in [0.4, 0.5) is 0 Å². The summed E-state index contributed by atoms with van der Waals surface area (Å²) in [4.78, 5) is 6.00. The molecule has 0 aliphatic heterocycles. The van der Waals surface area contributed by atoms with Crippen molar-refractivity contribution >= 4 is 11.3 Å². The van der Waals surface area contributed by atoms with E-state index in [0.717, 1.165) is 47.2 Å². The molecule has 1 heterocycles. The van der Waals surface area contributed by atoms with Crippen LogP contribution in [0.2, 0.25) is 0 Å². The van der Waals surface area contributed by atoms with Crippen LogP contribution in [-0.2, 0) is 16.8 Å². The number of thiazole rings is 1. The smallest absolute Gasteiger partial charge is 0.125 e. The highest BCUT2D eigenvalue weighted by molar-refractivity contribution is 7.12. The van der Waals surface area contributed by atoms with E-state index in [0.29, 0.717) is 0 Å². The Labute approximate surface area is 131 Å². The Kier molecular flexibility index (Phi) is 3.92. The van der Waals surface area contributed by atoms with Gasteiger partial charge in [-0.2, -0.15) is 0 Å². The quantitative estimate of drug-likeness (QED) is 0.890. The molecule has 1 atom stereocenters. The SMILES string of the molecule is COC1(c2nc3c(s2)C(O)CC(C)(C)C3)CCC(C)CC1. The molecule has 0 aromatic carbocycles. The third-order valence-electron chi connectivity index (χ3n) is 5.28. The highest BCUT2D eigenvalue weighted by Gasteiger charge is 2.42. The van der Waals surface area contributed by atoms with Crippen LogP contribution in [0.25, 0.3) is 0 Å². The third-order valence-corrected chi connectivity index (χ3v) is 6.67. The van der Waals surface area contributed by atoms with Crippen molar-refractivity contribution in [1.82, 2.24) is 4.98 Å². The van der Waals surface area contributed by atoms with Gasteiger partial charge in [-0.3, -0.25) is 0 Å². The van der Waals surface area contributed by atoms with Crippen molar-refractivity contribution in [3.8, 4) is 0 Å². The molecule has 0 radical (unpaired) electrons. The van der Waals surface area contributed by atoms with Gasteiger partial charge in [-0.05, 0) is 49.9 Å². The molecule has 3 rings (SSSR count). The second-order valence-electron chi connectivity index (χ2n) is 7.77. The zero-order chi connectivity index (χ0) is 15.3. The van der Waals surface area contributed by atoms with Gasteiger partial charge >= 0.3 is 0 Å². The molecule has 4 heteroatoms. The van der Waals surface area contributed by atoms with Gasteiger partial charge in [0.1, 0.15) is 10.6 Å². The fourth-order valence-electron chi connectivity index (χ4n) is 3.82. The van der Waals surface area contributed by atoms with Gasteiger partial charge < -0.3 is 9.84 Å². The molecule has 0 saturated heterocycles. The fourth-order valence-corrected chi connectivity index (χ4v) is 5.11. The summed E-state index contributed by atoms with van der Waals surface area (Å²) in [5, 5.41) is 11.5. The van der Waals surface area contributed by atoms with Crippen LogP contribution in [0, 0.1) is 11.3 Å². The molecule has 118 valence electrons. The molecule has 21 heavy (non-hydrogen) atoms. The molecule has 3 nitrogen and oxygen atoms in total. The minimum atomic E-state index is -0.355. The summed E-state index contributed by atoms with van der Waals surface area (Å²) < 4.78 is 5.94. The molecule has 0 amide bonds. The van der Waals surface area contributed by atoms with Crippen molar-refractivity contribution in [2.24, 2.45) is 11.3 Å². The minimum absolute atomic E-state index is 0.138. The summed E-state index contributed by atoms with van der Waals surface area (Å²) in [6, 6.07) is 0. The van der Waals surface area contributed by atoms with Crippen LogP contribution in [0.3, 0.4) is 0 Å². The zero-order valence-corrected chi connectivity index (χ0v) is 14.4. The first kappa shape index (κ1) is 15.4. The van der Waals surface area contributed by atoms with Crippen molar-refractivity contribution in [2.45, 2.75) is 71.0 Å². The van der Waals surface area contributed by atoms with Gasteiger partial charge in [0, 0.05) is 7.11 Å². The van der Waals surface area contributed by atoms with Gasteiger partial charge in [-0.15, -0.1) is 11.3 Å². The van der Waals surface area contributed by atoms with Gasteiger partial charge in [-0.25, -0.2) is 4.98 Å². The maximum atomic E-state index is 10.4. The monoisotopic (exact) mass is 309 g/mol. The van der Waals surface area contributed by atoms with Crippen LogP contribution < -0.4 is 0 Å². The largest absolute Gasteiger partial charge is 0.387 e. The van der Waals surface area contributed by atoms with E-state index in [2.05, 4.69) is 20.8 Å². The highest BCUT2D eigenvalue weighted by atomic mass is 32.1. The van der Waals surface area contributed by atoms with Crippen LogP contribution >= 0.6 is 11.3 Å². The number of ether oxygens (including phenoxy) is 1. The predicted octanol–water partition coefficient (Wildman–Crippen LogP) is 4.20. The zero-order valence-electron chi connectivity index (χ0n) is 13.6. The van der Waals surface area contributed by atoms with E-state index in [1.165, 1.54) is 12.8 Å². The van der Waals surface area contributed by atoms with Crippen molar-refractivity contribution < 1.29 is 9.84 Å². The number of aliphatic hydroxyl groups is 1. The van der Waals surface area contributed by atoms with Crippen LogP contribution in [-0.4, -0.2) is 17.2 Å². The fraction of sp³-hybridized carbons (Fsp3) is 0.824. The summed E-state index contributed by atoms with van der Waals surface area (Å²) in [5.74, 6) is 0.785. The Bertz CT molecular complexity index is 515. The summed E-state index contributed by atoms with van der Waals surface area (Å²) in [5.41, 5.74) is 1.03. The number of methoxy groups -OCH3 is 1. The standard InChI is InChI=1S/C17H27NO2S/c1-11-5-7-17(20-4,8-6-11)15-18-12-9-16(2,3)10-13(19)14(12)21-15/h11,13,19H,5-10H2,1-4H3. The van der Waals surface area contributed by atoms with Crippen molar-refractivity contribution in [2.75, 3.05) is 7.11 Å². The molecule has 0 bridgehead atoms. The molecule has 1 fully saturated rings.